The van der Waals surface area contributed by atoms with E-state index in [0.29, 0.717) is 11.9 Å². The van der Waals surface area contributed by atoms with Crippen molar-refractivity contribution in [3.63, 3.8) is 0 Å². The van der Waals surface area contributed by atoms with Gasteiger partial charge in [-0.1, -0.05) is 37.7 Å². The summed E-state index contributed by atoms with van der Waals surface area (Å²) in [6, 6.07) is 10.5. The lowest BCUT2D eigenvalue weighted by Gasteiger charge is -2.07. The molecule has 0 spiro atoms. The van der Waals surface area contributed by atoms with Crippen molar-refractivity contribution >= 4 is 17.7 Å². The molecule has 1 aromatic carbocycles. The van der Waals surface area contributed by atoms with Gasteiger partial charge in [0.1, 0.15) is 5.03 Å². The first-order valence-electron chi connectivity index (χ1n) is 5.93. The number of anilines is 1. The molecule has 0 saturated heterocycles. The molecule has 0 saturated carbocycles. The second-order valence-corrected chi connectivity index (χ2v) is 5.63. The molecule has 3 nitrogen and oxygen atoms in total. The van der Waals surface area contributed by atoms with Gasteiger partial charge in [-0.25, -0.2) is 9.97 Å². The number of hydrogen-bond donors (Lipinski definition) is 1. The molecule has 0 aliphatic heterocycles. The molecule has 2 rings (SSSR count). The van der Waals surface area contributed by atoms with Gasteiger partial charge in [-0.3, -0.25) is 0 Å². The van der Waals surface area contributed by atoms with Gasteiger partial charge < -0.3 is 5.73 Å². The Balaban J connectivity index is 2.18. The summed E-state index contributed by atoms with van der Waals surface area (Å²) in [4.78, 5) is 9.45. The summed E-state index contributed by atoms with van der Waals surface area (Å²) in [6.07, 6.45) is 0. The number of nitrogen functional groups attached to an aromatic ring is 1. The molecule has 1 aromatic heterocycles. The number of benzene rings is 1. The Morgan fingerprint density at radius 2 is 1.78 bits per heavy atom. The highest BCUT2D eigenvalue weighted by Gasteiger charge is 2.03. The van der Waals surface area contributed by atoms with Crippen LogP contribution >= 0.6 is 11.8 Å². The summed E-state index contributed by atoms with van der Waals surface area (Å²) in [5.74, 6) is 0.886. The lowest BCUT2D eigenvalue weighted by Crippen LogP contribution is -1.97. The standard InChI is InChI=1S/C14H17N3S/c1-9(2)11-4-6-12(7-5-11)18-13-8-10(3)16-14(15)17-13/h4-9H,1-3H3,(H2,15,16,17). The van der Waals surface area contributed by atoms with E-state index in [4.69, 9.17) is 5.73 Å². The number of hydrogen-bond acceptors (Lipinski definition) is 4. The van der Waals surface area contributed by atoms with Gasteiger partial charge in [0.15, 0.2) is 0 Å². The van der Waals surface area contributed by atoms with Crippen molar-refractivity contribution in [3.05, 3.63) is 41.6 Å². The summed E-state index contributed by atoms with van der Waals surface area (Å²) in [5.41, 5.74) is 7.88. The summed E-state index contributed by atoms with van der Waals surface area (Å²) >= 11 is 1.61. The van der Waals surface area contributed by atoms with Gasteiger partial charge in [0.2, 0.25) is 5.95 Å². The van der Waals surface area contributed by atoms with Gasteiger partial charge in [0.25, 0.3) is 0 Å². The van der Waals surface area contributed by atoms with Crippen molar-refractivity contribution in [2.75, 3.05) is 5.73 Å². The highest BCUT2D eigenvalue weighted by Crippen LogP contribution is 2.28. The molecular formula is C14H17N3S. The average Bonchev–Trinajstić information content (AvgIpc) is 2.28. The Morgan fingerprint density at radius 3 is 2.33 bits per heavy atom. The molecule has 4 heteroatoms. The number of nitrogens with two attached hydrogens (primary N) is 1. The molecule has 0 aliphatic carbocycles. The van der Waals surface area contributed by atoms with Crippen LogP contribution in [0, 0.1) is 6.92 Å². The molecule has 2 aromatic rings. The van der Waals surface area contributed by atoms with Crippen LogP contribution in [0.1, 0.15) is 31.0 Å². The van der Waals surface area contributed by atoms with Gasteiger partial charge in [-0.05, 0) is 36.6 Å². The Morgan fingerprint density at radius 1 is 1.11 bits per heavy atom. The molecule has 0 bridgehead atoms. The molecule has 0 unspecified atom stereocenters. The van der Waals surface area contributed by atoms with E-state index in [2.05, 4.69) is 48.1 Å². The maximum absolute atomic E-state index is 5.64. The van der Waals surface area contributed by atoms with Crippen molar-refractivity contribution in [1.29, 1.82) is 0 Å². The first-order valence-corrected chi connectivity index (χ1v) is 6.75. The minimum absolute atomic E-state index is 0.330. The predicted octanol–water partition coefficient (Wildman–Crippen LogP) is 3.64. The van der Waals surface area contributed by atoms with Crippen LogP contribution in [-0.4, -0.2) is 9.97 Å². The highest BCUT2D eigenvalue weighted by atomic mass is 32.2. The van der Waals surface area contributed by atoms with Crippen LogP contribution in [0.5, 0.6) is 0 Å². The van der Waals surface area contributed by atoms with Crippen LogP contribution in [0.25, 0.3) is 0 Å². The highest BCUT2D eigenvalue weighted by molar-refractivity contribution is 7.99. The quantitative estimate of drug-likeness (QED) is 0.855. The number of aryl methyl sites for hydroxylation is 1. The second-order valence-electron chi connectivity index (χ2n) is 4.53. The van der Waals surface area contributed by atoms with E-state index in [1.54, 1.807) is 11.8 Å². The summed E-state index contributed by atoms with van der Waals surface area (Å²) in [5, 5.41) is 0.886. The van der Waals surface area contributed by atoms with Crippen LogP contribution in [0.15, 0.2) is 40.3 Å². The second kappa shape index (κ2) is 5.40. The average molecular weight is 259 g/mol. The molecule has 0 radical (unpaired) electrons. The maximum atomic E-state index is 5.64. The molecule has 18 heavy (non-hydrogen) atoms. The van der Waals surface area contributed by atoms with Crippen molar-refractivity contribution in [3.8, 4) is 0 Å². The van der Waals surface area contributed by atoms with Crippen LogP contribution in [0.2, 0.25) is 0 Å². The lowest BCUT2D eigenvalue weighted by atomic mass is 10.0. The molecule has 2 N–H and O–H groups in total. The van der Waals surface area contributed by atoms with E-state index in [0.717, 1.165) is 15.6 Å². The van der Waals surface area contributed by atoms with Gasteiger partial charge in [-0.15, -0.1) is 0 Å². The fourth-order valence-electron chi connectivity index (χ4n) is 1.66. The zero-order chi connectivity index (χ0) is 13.1. The number of rotatable bonds is 3. The van der Waals surface area contributed by atoms with Crippen LogP contribution in [0.3, 0.4) is 0 Å². The fourth-order valence-corrected chi connectivity index (χ4v) is 2.54. The van der Waals surface area contributed by atoms with E-state index in [1.807, 2.05) is 13.0 Å². The SMILES string of the molecule is Cc1cc(Sc2ccc(C(C)C)cc2)nc(N)n1. The molecule has 1 heterocycles. The lowest BCUT2D eigenvalue weighted by molar-refractivity contribution is 0.865. The van der Waals surface area contributed by atoms with E-state index in [1.165, 1.54) is 5.56 Å². The smallest absolute Gasteiger partial charge is 0.221 e. The minimum Gasteiger partial charge on any atom is -0.368 e. The monoisotopic (exact) mass is 259 g/mol. The third kappa shape index (κ3) is 3.23. The van der Waals surface area contributed by atoms with Crippen molar-refractivity contribution in [2.45, 2.75) is 36.6 Å². The third-order valence-corrected chi connectivity index (χ3v) is 3.54. The van der Waals surface area contributed by atoms with E-state index < -0.39 is 0 Å². The van der Waals surface area contributed by atoms with Gasteiger partial charge in [-0.2, -0.15) is 0 Å². The maximum Gasteiger partial charge on any atom is 0.221 e. The number of aromatic nitrogens is 2. The Hall–Kier alpha value is -1.55. The molecule has 0 aliphatic rings. The Bertz CT molecular complexity index is 515. The first-order chi connectivity index (χ1) is 8.54. The summed E-state index contributed by atoms with van der Waals surface area (Å²) in [6.45, 7) is 6.30. The molecule has 0 atom stereocenters. The van der Waals surface area contributed by atoms with Gasteiger partial charge in [0.05, 0.1) is 0 Å². The van der Waals surface area contributed by atoms with Crippen molar-refractivity contribution < 1.29 is 0 Å². The van der Waals surface area contributed by atoms with E-state index in [9.17, 15) is 0 Å². The topological polar surface area (TPSA) is 51.8 Å². The van der Waals surface area contributed by atoms with Gasteiger partial charge in [0, 0.05) is 10.6 Å². The normalized spacial score (nSPS) is 10.9. The van der Waals surface area contributed by atoms with Crippen molar-refractivity contribution in [1.82, 2.24) is 9.97 Å². The summed E-state index contributed by atoms with van der Waals surface area (Å²) in [7, 11) is 0. The first kappa shape index (κ1) is 12.9. The fraction of sp³-hybridized carbons (Fsp3) is 0.286. The van der Waals surface area contributed by atoms with Crippen LogP contribution in [-0.2, 0) is 0 Å². The largest absolute Gasteiger partial charge is 0.368 e. The van der Waals surface area contributed by atoms with Crippen molar-refractivity contribution in [2.24, 2.45) is 0 Å². The minimum atomic E-state index is 0.330. The number of nitrogens with zero attached hydrogens (tertiary/aromatic N) is 2. The predicted molar refractivity (Wildman–Crippen MR) is 75.8 cm³/mol. The third-order valence-electron chi connectivity index (χ3n) is 2.62. The van der Waals surface area contributed by atoms with Crippen LogP contribution < -0.4 is 5.73 Å². The Kier molecular flexibility index (Phi) is 3.87. The summed E-state index contributed by atoms with van der Waals surface area (Å²) < 4.78 is 0. The zero-order valence-corrected chi connectivity index (χ0v) is 11.7. The zero-order valence-electron chi connectivity index (χ0n) is 10.8. The Labute approximate surface area is 112 Å². The van der Waals surface area contributed by atoms with Gasteiger partial charge >= 0.3 is 0 Å². The van der Waals surface area contributed by atoms with E-state index >= 15 is 0 Å². The molecule has 94 valence electrons. The molecular weight excluding hydrogens is 242 g/mol. The molecule has 0 fully saturated rings. The van der Waals surface area contributed by atoms with E-state index in [-0.39, 0.29) is 0 Å². The molecule has 0 amide bonds. The van der Waals surface area contributed by atoms with Crippen LogP contribution in [0.4, 0.5) is 5.95 Å².